The maximum Gasteiger partial charge on any atom is 0.0850 e. The third-order valence-corrected chi connectivity index (χ3v) is 5.25. The van der Waals surface area contributed by atoms with Crippen LogP contribution in [-0.2, 0) is 19.4 Å². The fraction of sp³-hybridized carbons (Fsp3) is 0.812. The van der Waals surface area contributed by atoms with Crippen LogP contribution in [0.3, 0.4) is 0 Å². The molecule has 0 saturated heterocycles. The summed E-state index contributed by atoms with van der Waals surface area (Å²) in [6.07, 6.45) is 6.27. The van der Waals surface area contributed by atoms with Gasteiger partial charge in [0, 0.05) is 18.5 Å². The van der Waals surface area contributed by atoms with Gasteiger partial charge in [0.25, 0.3) is 0 Å². The zero-order chi connectivity index (χ0) is 15.0. The zero-order valence-corrected chi connectivity index (χ0v) is 14.1. The van der Waals surface area contributed by atoms with Crippen LogP contribution in [0.25, 0.3) is 0 Å². The summed E-state index contributed by atoms with van der Waals surface area (Å²) in [5.74, 6) is 0. The highest BCUT2D eigenvalue weighted by atomic mass is 35.5. The van der Waals surface area contributed by atoms with E-state index in [1.807, 2.05) is 4.68 Å². The van der Waals surface area contributed by atoms with Crippen LogP contribution in [-0.4, -0.2) is 15.3 Å². The molecule has 1 saturated carbocycles. The van der Waals surface area contributed by atoms with Gasteiger partial charge in [0.1, 0.15) is 0 Å². The van der Waals surface area contributed by atoms with Gasteiger partial charge in [-0.05, 0) is 44.4 Å². The Hall–Kier alpha value is -0.540. The Balaban J connectivity index is 2.19. The van der Waals surface area contributed by atoms with E-state index < -0.39 is 0 Å². The van der Waals surface area contributed by atoms with Crippen molar-refractivity contribution in [2.75, 3.05) is 0 Å². The van der Waals surface area contributed by atoms with Gasteiger partial charge in [-0.3, -0.25) is 4.68 Å². The van der Waals surface area contributed by atoms with Crippen LogP contribution in [0.1, 0.15) is 64.8 Å². The maximum atomic E-state index is 6.66. The lowest BCUT2D eigenvalue weighted by Gasteiger charge is -2.41. The third kappa shape index (κ3) is 3.20. The topological polar surface area (TPSA) is 43.8 Å². The molecule has 1 fully saturated rings. The van der Waals surface area contributed by atoms with E-state index in [0.29, 0.717) is 5.41 Å². The van der Waals surface area contributed by atoms with Crippen molar-refractivity contribution in [2.45, 2.75) is 78.3 Å². The van der Waals surface area contributed by atoms with E-state index >= 15 is 0 Å². The molecule has 20 heavy (non-hydrogen) atoms. The van der Waals surface area contributed by atoms with Crippen LogP contribution >= 0.6 is 11.6 Å². The summed E-state index contributed by atoms with van der Waals surface area (Å²) in [7, 11) is 0. The highest BCUT2D eigenvalue weighted by Gasteiger charge is 2.36. The number of nitrogens with zero attached hydrogens (tertiary/aromatic N) is 2. The lowest BCUT2D eigenvalue weighted by molar-refractivity contribution is 0.163. The first-order chi connectivity index (χ1) is 9.30. The van der Waals surface area contributed by atoms with Crippen LogP contribution in [0.4, 0.5) is 0 Å². The van der Waals surface area contributed by atoms with Crippen molar-refractivity contribution in [3.8, 4) is 0 Å². The molecule has 114 valence electrons. The van der Waals surface area contributed by atoms with E-state index in [2.05, 4.69) is 32.8 Å². The van der Waals surface area contributed by atoms with Crippen molar-refractivity contribution in [3.05, 3.63) is 16.4 Å². The summed E-state index contributed by atoms with van der Waals surface area (Å²) in [4.78, 5) is 0. The molecule has 0 aromatic carbocycles. The molecular formula is C16H28ClN3. The fourth-order valence-corrected chi connectivity index (χ4v) is 3.46. The summed E-state index contributed by atoms with van der Waals surface area (Å²) in [5, 5.41) is 5.44. The fourth-order valence-electron chi connectivity index (χ4n) is 3.12. The van der Waals surface area contributed by atoms with Gasteiger partial charge >= 0.3 is 0 Å². The molecule has 1 aliphatic rings. The predicted molar refractivity (Wildman–Crippen MR) is 85.2 cm³/mol. The normalized spacial score (nSPS) is 21.1. The minimum absolute atomic E-state index is 0.114. The van der Waals surface area contributed by atoms with Gasteiger partial charge in [0.05, 0.1) is 16.4 Å². The molecule has 2 rings (SSSR count). The first kappa shape index (κ1) is 15.8. The van der Waals surface area contributed by atoms with Gasteiger partial charge in [0.15, 0.2) is 0 Å². The molecule has 0 spiro atoms. The van der Waals surface area contributed by atoms with E-state index in [-0.39, 0.29) is 5.54 Å². The summed E-state index contributed by atoms with van der Waals surface area (Å²) in [6, 6.07) is 0. The quantitative estimate of drug-likeness (QED) is 0.914. The molecule has 0 bridgehead atoms. The van der Waals surface area contributed by atoms with E-state index in [0.717, 1.165) is 48.6 Å². The molecule has 0 amide bonds. The van der Waals surface area contributed by atoms with Crippen LogP contribution in [0.15, 0.2) is 0 Å². The summed E-state index contributed by atoms with van der Waals surface area (Å²) in [6.45, 7) is 9.74. The minimum Gasteiger partial charge on any atom is -0.325 e. The molecule has 2 N–H and O–H groups in total. The average Bonchev–Trinajstić information content (AvgIpc) is 2.70. The van der Waals surface area contributed by atoms with E-state index in [1.165, 1.54) is 12.8 Å². The van der Waals surface area contributed by atoms with Gasteiger partial charge in [-0.25, -0.2) is 0 Å². The van der Waals surface area contributed by atoms with Crippen LogP contribution in [0.2, 0.25) is 5.02 Å². The minimum atomic E-state index is -0.114. The third-order valence-electron chi connectivity index (χ3n) is 4.81. The van der Waals surface area contributed by atoms with E-state index in [9.17, 15) is 0 Å². The molecular weight excluding hydrogens is 270 g/mol. The highest BCUT2D eigenvalue weighted by molar-refractivity contribution is 6.31. The Kier molecular flexibility index (Phi) is 4.50. The number of hydrogen-bond donors (Lipinski definition) is 1. The standard InChI is InChI=1S/C16H28ClN3/c1-5-12-14(17)13(20(6-2)19-12)11-16(18)9-7-15(3,4)8-10-16/h5-11,18H2,1-4H3. The lowest BCUT2D eigenvalue weighted by Crippen LogP contribution is -2.47. The molecule has 1 aromatic rings. The Bertz CT molecular complexity index is 466. The van der Waals surface area contributed by atoms with E-state index in [1.54, 1.807) is 0 Å². The molecule has 0 atom stereocenters. The second kappa shape index (κ2) is 5.69. The van der Waals surface area contributed by atoms with Crippen molar-refractivity contribution < 1.29 is 0 Å². The summed E-state index contributed by atoms with van der Waals surface area (Å²) < 4.78 is 2.04. The SMILES string of the molecule is CCc1nn(CC)c(CC2(N)CCC(C)(C)CC2)c1Cl. The molecule has 0 aliphatic heterocycles. The molecule has 4 heteroatoms. The van der Waals surface area contributed by atoms with Crippen molar-refractivity contribution in [1.82, 2.24) is 9.78 Å². The smallest absolute Gasteiger partial charge is 0.0850 e. The maximum absolute atomic E-state index is 6.66. The average molecular weight is 298 g/mol. The summed E-state index contributed by atoms with van der Waals surface area (Å²) >= 11 is 6.51. The van der Waals surface area contributed by atoms with Crippen LogP contribution < -0.4 is 5.73 Å². The van der Waals surface area contributed by atoms with Crippen LogP contribution in [0, 0.1) is 5.41 Å². The molecule has 3 nitrogen and oxygen atoms in total. The number of rotatable bonds is 4. The Morgan fingerprint density at radius 3 is 2.30 bits per heavy atom. The first-order valence-electron chi connectivity index (χ1n) is 7.83. The second-order valence-corrected chi connectivity index (χ2v) is 7.46. The number of aromatic nitrogens is 2. The van der Waals surface area contributed by atoms with Gasteiger partial charge in [0.2, 0.25) is 0 Å². The molecule has 1 heterocycles. The van der Waals surface area contributed by atoms with Crippen LogP contribution in [0.5, 0.6) is 0 Å². The highest BCUT2D eigenvalue weighted by Crippen LogP contribution is 2.41. The van der Waals surface area contributed by atoms with E-state index in [4.69, 9.17) is 17.3 Å². The predicted octanol–water partition coefficient (Wildman–Crippen LogP) is 3.96. The number of aryl methyl sites for hydroxylation is 2. The zero-order valence-electron chi connectivity index (χ0n) is 13.3. The molecule has 1 aromatic heterocycles. The van der Waals surface area contributed by atoms with Gasteiger partial charge in [-0.15, -0.1) is 0 Å². The number of nitrogens with two attached hydrogens (primary N) is 1. The largest absolute Gasteiger partial charge is 0.325 e. The monoisotopic (exact) mass is 297 g/mol. The second-order valence-electron chi connectivity index (χ2n) is 7.08. The number of hydrogen-bond acceptors (Lipinski definition) is 2. The first-order valence-corrected chi connectivity index (χ1v) is 8.21. The van der Waals surface area contributed by atoms with Crippen molar-refractivity contribution >= 4 is 11.6 Å². The van der Waals surface area contributed by atoms with Crippen molar-refractivity contribution in [1.29, 1.82) is 0 Å². The Morgan fingerprint density at radius 2 is 1.80 bits per heavy atom. The molecule has 0 radical (unpaired) electrons. The molecule has 1 aliphatic carbocycles. The van der Waals surface area contributed by atoms with Crippen molar-refractivity contribution in [3.63, 3.8) is 0 Å². The molecule has 0 unspecified atom stereocenters. The van der Waals surface area contributed by atoms with Gasteiger partial charge in [-0.1, -0.05) is 32.4 Å². The Labute approximate surface area is 127 Å². The van der Waals surface area contributed by atoms with Gasteiger partial charge in [-0.2, -0.15) is 5.10 Å². The summed E-state index contributed by atoms with van der Waals surface area (Å²) in [5.41, 5.74) is 9.11. The Morgan fingerprint density at radius 1 is 1.20 bits per heavy atom. The van der Waals surface area contributed by atoms with Crippen molar-refractivity contribution in [2.24, 2.45) is 11.1 Å². The lowest BCUT2D eigenvalue weighted by atomic mass is 9.68. The number of halogens is 1. The van der Waals surface area contributed by atoms with Gasteiger partial charge < -0.3 is 5.73 Å².